The SMILES string of the molecule is Cc1ccc(S(=O)(=O)NNC(=O)c2ccc(Nc3nc(-c4ccccc4)n(-c4cccc(C(F)(F)F)c4)n3)cc2)cc1. The summed E-state index contributed by atoms with van der Waals surface area (Å²) in [6, 6.07) is 25.8. The molecule has 0 aliphatic rings. The summed E-state index contributed by atoms with van der Waals surface area (Å²) in [6.07, 6.45) is -4.53. The fourth-order valence-corrected chi connectivity index (χ4v) is 4.77. The highest BCUT2D eigenvalue weighted by Crippen LogP contribution is 2.31. The third-order valence-corrected chi connectivity index (χ3v) is 7.35. The van der Waals surface area contributed by atoms with Gasteiger partial charge < -0.3 is 5.32 Å². The van der Waals surface area contributed by atoms with Gasteiger partial charge in [-0.25, -0.2) is 13.1 Å². The number of halogens is 3. The number of hydrogen-bond donors (Lipinski definition) is 3. The van der Waals surface area contributed by atoms with E-state index in [9.17, 15) is 26.4 Å². The minimum absolute atomic E-state index is 0.000102. The van der Waals surface area contributed by atoms with E-state index in [1.807, 2.05) is 6.92 Å². The van der Waals surface area contributed by atoms with Crippen LogP contribution in [0.15, 0.2) is 108 Å². The molecule has 9 nitrogen and oxygen atoms in total. The second kappa shape index (κ2) is 11.5. The molecule has 4 aromatic carbocycles. The van der Waals surface area contributed by atoms with E-state index in [4.69, 9.17) is 0 Å². The highest BCUT2D eigenvalue weighted by atomic mass is 32.2. The van der Waals surface area contributed by atoms with Crippen LogP contribution in [-0.2, 0) is 16.2 Å². The molecule has 42 heavy (non-hydrogen) atoms. The Morgan fingerprint density at radius 3 is 2.21 bits per heavy atom. The topological polar surface area (TPSA) is 118 Å². The lowest BCUT2D eigenvalue weighted by molar-refractivity contribution is -0.137. The van der Waals surface area contributed by atoms with E-state index in [1.54, 1.807) is 54.6 Å². The lowest BCUT2D eigenvalue weighted by Gasteiger charge is -2.10. The summed E-state index contributed by atoms with van der Waals surface area (Å²) in [6.45, 7) is 1.82. The molecule has 0 fully saturated rings. The molecule has 1 heterocycles. The van der Waals surface area contributed by atoms with Crippen molar-refractivity contribution in [2.75, 3.05) is 5.32 Å². The second-order valence-corrected chi connectivity index (χ2v) is 10.8. The van der Waals surface area contributed by atoms with Crippen LogP contribution in [0.1, 0.15) is 21.5 Å². The van der Waals surface area contributed by atoms with Gasteiger partial charge in [0.25, 0.3) is 15.9 Å². The molecule has 0 atom stereocenters. The summed E-state index contributed by atoms with van der Waals surface area (Å²) in [5.41, 5.74) is 3.70. The predicted molar refractivity (Wildman–Crippen MR) is 150 cm³/mol. The Balaban J connectivity index is 1.34. The van der Waals surface area contributed by atoms with Crippen molar-refractivity contribution in [1.29, 1.82) is 0 Å². The molecule has 13 heteroatoms. The normalized spacial score (nSPS) is 11.7. The number of anilines is 2. The van der Waals surface area contributed by atoms with E-state index in [2.05, 4.69) is 25.7 Å². The van der Waals surface area contributed by atoms with Gasteiger partial charge in [0, 0.05) is 16.8 Å². The largest absolute Gasteiger partial charge is 0.416 e. The van der Waals surface area contributed by atoms with Crippen molar-refractivity contribution in [1.82, 2.24) is 25.0 Å². The molecule has 3 N–H and O–H groups in total. The Morgan fingerprint density at radius 1 is 0.857 bits per heavy atom. The number of amides is 1. The number of alkyl halides is 3. The molecule has 0 unspecified atom stereocenters. The number of carbonyl (C=O) groups is 1. The number of carbonyl (C=O) groups excluding carboxylic acids is 1. The van der Waals surface area contributed by atoms with Crippen LogP contribution in [-0.4, -0.2) is 29.1 Å². The number of benzene rings is 4. The van der Waals surface area contributed by atoms with Gasteiger partial charge in [0.2, 0.25) is 5.95 Å². The van der Waals surface area contributed by atoms with Crippen LogP contribution in [0.2, 0.25) is 0 Å². The van der Waals surface area contributed by atoms with Crippen molar-refractivity contribution < 1.29 is 26.4 Å². The molecule has 0 radical (unpaired) electrons. The average Bonchev–Trinajstić information content (AvgIpc) is 3.40. The van der Waals surface area contributed by atoms with Gasteiger partial charge in [0.15, 0.2) is 5.82 Å². The van der Waals surface area contributed by atoms with E-state index >= 15 is 0 Å². The van der Waals surface area contributed by atoms with Crippen LogP contribution in [0.4, 0.5) is 24.8 Å². The zero-order chi connectivity index (χ0) is 29.9. The number of hydrogen-bond acceptors (Lipinski definition) is 6. The third-order valence-electron chi connectivity index (χ3n) is 6.09. The standard InChI is InChI=1S/C29H23F3N6O3S/c1-19-10-16-25(17-11-19)42(40,41)37-35-27(39)21-12-14-23(15-13-21)33-28-34-26(20-6-3-2-4-7-20)38(36-28)24-9-5-8-22(18-24)29(30,31)32/h2-18,37H,1H3,(H,33,36)(H,35,39). The average molecular weight is 593 g/mol. The zero-order valence-electron chi connectivity index (χ0n) is 21.9. The maximum atomic E-state index is 13.4. The van der Waals surface area contributed by atoms with E-state index in [0.29, 0.717) is 17.1 Å². The summed E-state index contributed by atoms with van der Waals surface area (Å²) in [4.78, 5) is 19.1. The third kappa shape index (κ3) is 6.48. The first-order valence-electron chi connectivity index (χ1n) is 12.5. The molecule has 0 aliphatic carbocycles. The van der Waals surface area contributed by atoms with Crippen LogP contribution < -0.4 is 15.6 Å². The lowest BCUT2D eigenvalue weighted by atomic mass is 10.2. The van der Waals surface area contributed by atoms with E-state index in [1.165, 1.54) is 41.1 Å². The number of hydrazine groups is 1. The fraction of sp³-hybridized carbons (Fsp3) is 0.0690. The molecule has 0 saturated heterocycles. The molecular formula is C29H23F3N6O3S. The molecule has 0 saturated carbocycles. The molecule has 0 bridgehead atoms. The Bertz CT molecular complexity index is 1820. The minimum atomic E-state index is -4.53. The van der Waals surface area contributed by atoms with Gasteiger partial charge in [-0.05, 0) is 61.5 Å². The zero-order valence-corrected chi connectivity index (χ0v) is 22.7. The number of aryl methyl sites for hydroxylation is 1. The highest BCUT2D eigenvalue weighted by molar-refractivity contribution is 7.89. The summed E-state index contributed by atoms with van der Waals surface area (Å²) >= 11 is 0. The van der Waals surface area contributed by atoms with E-state index < -0.39 is 27.7 Å². The first-order valence-corrected chi connectivity index (χ1v) is 13.9. The summed E-state index contributed by atoms with van der Waals surface area (Å²) in [5, 5.41) is 7.38. The molecule has 1 aromatic heterocycles. The highest BCUT2D eigenvalue weighted by Gasteiger charge is 2.31. The Morgan fingerprint density at radius 2 is 1.55 bits per heavy atom. The Kier molecular flexibility index (Phi) is 7.79. The molecule has 5 aromatic rings. The number of aromatic nitrogens is 3. The number of nitrogens with one attached hydrogen (secondary N) is 3. The van der Waals surface area contributed by atoms with Crippen molar-refractivity contribution in [3.05, 3.63) is 120 Å². The van der Waals surface area contributed by atoms with Crippen LogP contribution >= 0.6 is 0 Å². The molecule has 5 rings (SSSR count). The number of sulfonamides is 1. The van der Waals surface area contributed by atoms with Gasteiger partial charge in [0.05, 0.1) is 16.1 Å². The van der Waals surface area contributed by atoms with Gasteiger partial charge in [-0.2, -0.15) is 18.2 Å². The molecule has 1 amide bonds. The summed E-state index contributed by atoms with van der Waals surface area (Å²) in [7, 11) is -3.96. The van der Waals surface area contributed by atoms with Crippen molar-refractivity contribution in [3.8, 4) is 17.1 Å². The summed E-state index contributed by atoms with van der Waals surface area (Å²) in [5.74, 6) is -0.265. The van der Waals surface area contributed by atoms with Gasteiger partial charge in [0.1, 0.15) is 0 Å². The molecular weight excluding hydrogens is 569 g/mol. The van der Waals surface area contributed by atoms with Crippen LogP contribution in [0, 0.1) is 6.92 Å². The molecule has 214 valence electrons. The van der Waals surface area contributed by atoms with Crippen LogP contribution in [0.5, 0.6) is 0 Å². The predicted octanol–water partition coefficient (Wildman–Crippen LogP) is 5.63. The van der Waals surface area contributed by atoms with Crippen molar-refractivity contribution in [3.63, 3.8) is 0 Å². The monoisotopic (exact) mass is 592 g/mol. The summed E-state index contributed by atoms with van der Waals surface area (Å²) < 4.78 is 66.3. The lowest BCUT2D eigenvalue weighted by Crippen LogP contribution is -2.41. The van der Waals surface area contributed by atoms with E-state index in [0.717, 1.165) is 17.7 Å². The van der Waals surface area contributed by atoms with Gasteiger partial charge >= 0.3 is 6.18 Å². The number of rotatable bonds is 8. The smallest absolute Gasteiger partial charge is 0.323 e. The molecule has 0 spiro atoms. The van der Waals surface area contributed by atoms with E-state index in [-0.39, 0.29) is 22.1 Å². The van der Waals surface area contributed by atoms with Crippen molar-refractivity contribution in [2.45, 2.75) is 18.0 Å². The second-order valence-electron chi connectivity index (χ2n) is 9.16. The van der Waals surface area contributed by atoms with Crippen molar-refractivity contribution in [2.24, 2.45) is 0 Å². The van der Waals surface area contributed by atoms with Gasteiger partial charge in [-0.1, -0.05) is 54.1 Å². The fourth-order valence-electron chi connectivity index (χ4n) is 3.93. The maximum absolute atomic E-state index is 13.4. The first-order chi connectivity index (χ1) is 20.0. The maximum Gasteiger partial charge on any atom is 0.416 e. The Labute approximate surface area is 239 Å². The van der Waals surface area contributed by atoms with Gasteiger partial charge in [-0.15, -0.1) is 9.93 Å². The first kappa shape index (κ1) is 28.5. The van der Waals surface area contributed by atoms with Crippen LogP contribution in [0.25, 0.3) is 17.1 Å². The minimum Gasteiger partial charge on any atom is -0.323 e. The van der Waals surface area contributed by atoms with Crippen molar-refractivity contribution >= 4 is 27.6 Å². The van der Waals surface area contributed by atoms with Crippen LogP contribution in [0.3, 0.4) is 0 Å². The number of nitrogens with zero attached hydrogens (tertiary/aromatic N) is 3. The van der Waals surface area contributed by atoms with Gasteiger partial charge in [-0.3, -0.25) is 10.2 Å². The molecule has 0 aliphatic heterocycles. The Hall–Kier alpha value is -5.01. The quantitative estimate of drug-likeness (QED) is 0.201.